The molecule has 0 saturated heterocycles. The van der Waals surface area contributed by atoms with E-state index in [1.54, 1.807) is 22.3 Å². The minimum atomic E-state index is 0.473. The molecule has 3 N–H and O–H groups in total. The molecule has 0 aromatic carbocycles. The summed E-state index contributed by atoms with van der Waals surface area (Å²) in [6.45, 7) is 4.59. The highest BCUT2D eigenvalue weighted by molar-refractivity contribution is 7.18. The molecule has 8 heteroatoms. The van der Waals surface area contributed by atoms with Crippen LogP contribution in [0.1, 0.15) is 16.3 Å². The lowest BCUT2D eigenvalue weighted by Crippen LogP contribution is -2.12. The molecule has 0 unspecified atom stereocenters. The Balaban J connectivity index is 2.12. The Labute approximate surface area is 113 Å². The predicted molar refractivity (Wildman–Crippen MR) is 73.8 cm³/mol. The molecule has 0 aliphatic carbocycles. The van der Waals surface area contributed by atoms with Crippen LogP contribution < -0.4 is 11.3 Å². The molecule has 0 spiro atoms. The van der Waals surface area contributed by atoms with Crippen molar-refractivity contribution in [3.8, 4) is 0 Å². The molecule has 3 heterocycles. The Bertz CT molecular complexity index is 716. The number of nitrogens with two attached hydrogens (primary N) is 1. The van der Waals surface area contributed by atoms with Crippen molar-refractivity contribution in [1.82, 2.24) is 24.7 Å². The summed E-state index contributed by atoms with van der Waals surface area (Å²) in [5.41, 5.74) is 3.82. The van der Waals surface area contributed by atoms with Gasteiger partial charge in [-0.2, -0.15) is 5.10 Å². The van der Waals surface area contributed by atoms with E-state index >= 15 is 0 Å². The van der Waals surface area contributed by atoms with E-state index < -0.39 is 0 Å². The van der Waals surface area contributed by atoms with Gasteiger partial charge in [-0.3, -0.25) is 0 Å². The van der Waals surface area contributed by atoms with Gasteiger partial charge in [0.1, 0.15) is 24.0 Å². The first-order valence-corrected chi connectivity index (χ1v) is 6.56. The van der Waals surface area contributed by atoms with Gasteiger partial charge in [-0.05, 0) is 19.4 Å². The molecule has 0 aliphatic rings. The van der Waals surface area contributed by atoms with E-state index in [4.69, 9.17) is 5.84 Å². The lowest BCUT2D eigenvalue weighted by Gasteiger charge is -2.06. The summed E-state index contributed by atoms with van der Waals surface area (Å²) < 4.78 is 1.68. The average Bonchev–Trinajstić information content (AvgIpc) is 2.98. The second kappa shape index (κ2) is 4.56. The molecule has 0 radical (unpaired) electrons. The highest BCUT2D eigenvalue weighted by Gasteiger charge is 2.14. The third-order valence-corrected chi connectivity index (χ3v) is 4.08. The second-order valence-corrected chi connectivity index (χ2v) is 5.39. The van der Waals surface area contributed by atoms with E-state index in [1.165, 1.54) is 16.8 Å². The van der Waals surface area contributed by atoms with Crippen LogP contribution in [0.3, 0.4) is 0 Å². The maximum absolute atomic E-state index is 5.57. The smallest absolute Gasteiger partial charge is 0.153 e. The minimum Gasteiger partial charge on any atom is -0.308 e. The second-order valence-electron chi connectivity index (χ2n) is 4.19. The predicted octanol–water partition coefficient (Wildman–Crippen LogP) is 1.23. The topological polar surface area (TPSA) is 94.5 Å². The Kier molecular flexibility index (Phi) is 2.88. The molecular weight excluding hydrogens is 262 g/mol. The molecule has 98 valence electrons. The molecule has 0 aliphatic heterocycles. The summed E-state index contributed by atoms with van der Waals surface area (Å²) in [6.07, 6.45) is 3.12. The Morgan fingerprint density at radius 2 is 2.21 bits per heavy atom. The van der Waals surface area contributed by atoms with E-state index in [2.05, 4.69) is 39.3 Å². The van der Waals surface area contributed by atoms with Crippen LogP contribution in [0.25, 0.3) is 10.2 Å². The quantitative estimate of drug-likeness (QED) is 0.551. The third-order valence-electron chi connectivity index (χ3n) is 2.98. The number of hydrogen-bond donors (Lipinski definition) is 2. The lowest BCUT2D eigenvalue weighted by atomic mass is 10.2. The van der Waals surface area contributed by atoms with Crippen LogP contribution in [0.5, 0.6) is 0 Å². The normalized spacial score (nSPS) is 11.1. The van der Waals surface area contributed by atoms with E-state index in [0.29, 0.717) is 18.2 Å². The third kappa shape index (κ3) is 2.04. The maximum atomic E-state index is 5.57. The standard InChI is InChI=1S/C11H13N7S/c1-6-7(2)19-11-9(6)10(17-12)15-8(16-11)3-18-5-13-4-14-18/h4-5H,3,12H2,1-2H3,(H,15,16,17). The summed E-state index contributed by atoms with van der Waals surface area (Å²) >= 11 is 1.64. The fourth-order valence-electron chi connectivity index (χ4n) is 1.93. The van der Waals surface area contributed by atoms with Crippen molar-refractivity contribution in [3.63, 3.8) is 0 Å². The number of aromatic nitrogens is 5. The number of hydrazine groups is 1. The molecule has 3 aromatic heterocycles. The van der Waals surface area contributed by atoms with Crippen LogP contribution in [-0.4, -0.2) is 24.7 Å². The van der Waals surface area contributed by atoms with Crippen molar-refractivity contribution in [3.05, 3.63) is 28.9 Å². The van der Waals surface area contributed by atoms with Crippen molar-refractivity contribution in [2.24, 2.45) is 5.84 Å². The average molecular weight is 275 g/mol. The molecule has 0 amide bonds. The molecule has 0 saturated carbocycles. The Morgan fingerprint density at radius 1 is 1.37 bits per heavy atom. The molecule has 0 bridgehead atoms. The maximum Gasteiger partial charge on any atom is 0.153 e. The van der Waals surface area contributed by atoms with E-state index in [1.807, 2.05) is 0 Å². The first-order valence-electron chi connectivity index (χ1n) is 5.74. The van der Waals surface area contributed by atoms with Gasteiger partial charge in [-0.15, -0.1) is 11.3 Å². The molecule has 7 nitrogen and oxygen atoms in total. The Hall–Kier alpha value is -2.06. The van der Waals surface area contributed by atoms with Crippen molar-refractivity contribution in [1.29, 1.82) is 0 Å². The van der Waals surface area contributed by atoms with Crippen molar-refractivity contribution in [2.45, 2.75) is 20.4 Å². The lowest BCUT2D eigenvalue weighted by molar-refractivity contribution is 0.657. The zero-order valence-corrected chi connectivity index (χ0v) is 11.4. The number of aryl methyl sites for hydroxylation is 2. The van der Waals surface area contributed by atoms with Gasteiger partial charge in [-0.1, -0.05) is 0 Å². The largest absolute Gasteiger partial charge is 0.308 e. The molecule has 3 aromatic rings. The fraction of sp³-hybridized carbons (Fsp3) is 0.273. The number of fused-ring (bicyclic) bond motifs is 1. The number of nitrogens with one attached hydrogen (secondary N) is 1. The van der Waals surface area contributed by atoms with Gasteiger partial charge in [0.2, 0.25) is 0 Å². The van der Waals surface area contributed by atoms with Gasteiger partial charge in [0.15, 0.2) is 11.6 Å². The molecule has 0 fully saturated rings. The molecule has 3 rings (SSSR count). The number of nitrogens with zero attached hydrogens (tertiary/aromatic N) is 5. The number of anilines is 1. The number of hydrogen-bond acceptors (Lipinski definition) is 7. The van der Waals surface area contributed by atoms with Gasteiger partial charge in [0, 0.05) is 4.88 Å². The van der Waals surface area contributed by atoms with Crippen molar-refractivity contribution >= 4 is 27.4 Å². The van der Waals surface area contributed by atoms with Crippen molar-refractivity contribution < 1.29 is 0 Å². The van der Waals surface area contributed by atoms with Crippen molar-refractivity contribution in [2.75, 3.05) is 5.43 Å². The number of thiophene rings is 1. The fourth-order valence-corrected chi connectivity index (χ4v) is 2.98. The summed E-state index contributed by atoms with van der Waals surface area (Å²) in [7, 11) is 0. The van der Waals surface area contributed by atoms with Crippen LogP contribution in [0.15, 0.2) is 12.7 Å². The molecular formula is C11H13N7S. The number of rotatable bonds is 3. The van der Waals surface area contributed by atoms with E-state index in [0.717, 1.165) is 10.2 Å². The van der Waals surface area contributed by atoms with Crippen LogP contribution in [0, 0.1) is 13.8 Å². The Morgan fingerprint density at radius 3 is 2.89 bits per heavy atom. The molecule has 19 heavy (non-hydrogen) atoms. The highest BCUT2D eigenvalue weighted by atomic mass is 32.1. The van der Waals surface area contributed by atoms with Crippen LogP contribution in [0.4, 0.5) is 5.82 Å². The summed E-state index contributed by atoms with van der Waals surface area (Å²) in [5, 5.41) is 5.04. The van der Waals surface area contributed by atoms with Crippen LogP contribution >= 0.6 is 11.3 Å². The van der Waals surface area contributed by atoms with Crippen LogP contribution in [-0.2, 0) is 6.54 Å². The zero-order valence-electron chi connectivity index (χ0n) is 10.6. The summed E-state index contributed by atoms with van der Waals surface area (Å²) in [6, 6.07) is 0. The first-order chi connectivity index (χ1) is 9.19. The SMILES string of the molecule is Cc1sc2nc(Cn3cncn3)nc(NN)c2c1C. The highest BCUT2D eigenvalue weighted by Crippen LogP contribution is 2.32. The van der Waals surface area contributed by atoms with Gasteiger partial charge >= 0.3 is 0 Å². The van der Waals surface area contributed by atoms with Gasteiger partial charge < -0.3 is 5.43 Å². The van der Waals surface area contributed by atoms with Gasteiger partial charge in [-0.25, -0.2) is 25.5 Å². The summed E-state index contributed by atoms with van der Waals surface area (Å²) in [4.78, 5) is 15.1. The monoisotopic (exact) mass is 275 g/mol. The van der Waals surface area contributed by atoms with Gasteiger partial charge in [0.25, 0.3) is 0 Å². The minimum absolute atomic E-state index is 0.473. The zero-order chi connectivity index (χ0) is 13.4. The number of nitrogen functional groups attached to an aromatic ring is 1. The van der Waals surface area contributed by atoms with Gasteiger partial charge in [0.05, 0.1) is 5.39 Å². The first kappa shape index (κ1) is 12.0. The van der Waals surface area contributed by atoms with Crippen LogP contribution in [0.2, 0.25) is 0 Å². The molecule has 0 atom stereocenters. The summed E-state index contributed by atoms with van der Waals surface area (Å²) in [5.74, 6) is 6.88. The van der Waals surface area contributed by atoms with E-state index in [-0.39, 0.29) is 0 Å². The van der Waals surface area contributed by atoms with E-state index in [9.17, 15) is 0 Å².